The monoisotopic (exact) mass is 207 g/mol. The van der Waals surface area contributed by atoms with Crippen LogP contribution in [0.1, 0.15) is 26.2 Å². The van der Waals surface area contributed by atoms with Gasteiger partial charge in [0.2, 0.25) is 0 Å². The minimum absolute atomic E-state index is 0.0656. The first-order valence-corrected chi connectivity index (χ1v) is 5.16. The minimum Gasteiger partial charge on any atom is -0.387 e. The zero-order valence-electron chi connectivity index (χ0n) is 8.84. The summed E-state index contributed by atoms with van der Waals surface area (Å²) in [5.74, 6) is -2.85. The molecule has 0 radical (unpaired) electrons. The first kappa shape index (κ1) is 11.9. The summed E-state index contributed by atoms with van der Waals surface area (Å²) < 4.78 is 26.3. The number of nitrogens with zero attached hydrogens (tertiary/aromatic N) is 1. The van der Waals surface area contributed by atoms with Crippen molar-refractivity contribution in [1.29, 1.82) is 0 Å². The summed E-state index contributed by atoms with van der Waals surface area (Å²) >= 11 is 0. The summed E-state index contributed by atoms with van der Waals surface area (Å²) in [6.45, 7) is 2.94. The Hall–Kier alpha value is -0.220. The van der Waals surface area contributed by atoms with E-state index in [-0.39, 0.29) is 12.3 Å². The number of halogens is 2. The van der Waals surface area contributed by atoms with Gasteiger partial charge in [-0.1, -0.05) is 0 Å². The van der Waals surface area contributed by atoms with E-state index in [2.05, 4.69) is 4.90 Å². The van der Waals surface area contributed by atoms with Crippen molar-refractivity contribution in [1.82, 2.24) is 4.90 Å². The number of aliphatic hydroxyl groups is 1. The number of hydrogen-bond acceptors (Lipinski definition) is 2. The van der Waals surface area contributed by atoms with Crippen molar-refractivity contribution in [3.63, 3.8) is 0 Å². The topological polar surface area (TPSA) is 23.5 Å². The van der Waals surface area contributed by atoms with Crippen molar-refractivity contribution in [2.75, 3.05) is 20.1 Å². The van der Waals surface area contributed by atoms with Crippen molar-refractivity contribution in [3.05, 3.63) is 0 Å². The normalized spacial score (nSPS) is 23.8. The fourth-order valence-corrected chi connectivity index (χ4v) is 1.82. The molecule has 0 saturated carbocycles. The average molecular weight is 207 g/mol. The molecule has 0 aromatic rings. The largest absolute Gasteiger partial charge is 0.387 e. The Morgan fingerprint density at radius 3 is 2.36 bits per heavy atom. The zero-order chi connectivity index (χ0) is 10.8. The minimum atomic E-state index is -2.92. The molecule has 1 heterocycles. The van der Waals surface area contributed by atoms with Crippen LogP contribution >= 0.6 is 0 Å². The third-order valence-electron chi connectivity index (χ3n) is 3.01. The van der Waals surface area contributed by atoms with Gasteiger partial charge in [-0.05, 0) is 45.8 Å². The molecule has 1 N–H and O–H groups in total. The van der Waals surface area contributed by atoms with Crippen LogP contribution in [0, 0.1) is 5.92 Å². The van der Waals surface area contributed by atoms with Gasteiger partial charge in [0.25, 0.3) is 5.92 Å². The molecular formula is C10H19F2NO. The van der Waals surface area contributed by atoms with E-state index in [1.165, 1.54) is 0 Å². The van der Waals surface area contributed by atoms with Crippen molar-refractivity contribution < 1.29 is 13.9 Å². The van der Waals surface area contributed by atoms with Crippen molar-refractivity contribution in [2.45, 2.75) is 38.2 Å². The Morgan fingerprint density at radius 2 is 1.93 bits per heavy atom. The molecule has 0 aliphatic carbocycles. The molecule has 1 rings (SSSR count). The molecule has 4 heteroatoms. The van der Waals surface area contributed by atoms with E-state index in [4.69, 9.17) is 5.11 Å². The van der Waals surface area contributed by atoms with Crippen molar-refractivity contribution >= 4 is 0 Å². The van der Waals surface area contributed by atoms with Gasteiger partial charge in [-0.25, -0.2) is 8.78 Å². The number of hydrogen-bond donors (Lipinski definition) is 1. The van der Waals surface area contributed by atoms with Crippen molar-refractivity contribution in [2.24, 2.45) is 5.92 Å². The van der Waals surface area contributed by atoms with Crippen LogP contribution in [0.25, 0.3) is 0 Å². The quantitative estimate of drug-likeness (QED) is 0.762. The molecule has 0 aromatic heterocycles. The maximum atomic E-state index is 13.2. The zero-order valence-corrected chi connectivity index (χ0v) is 8.84. The lowest BCUT2D eigenvalue weighted by Crippen LogP contribution is -2.37. The van der Waals surface area contributed by atoms with E-state index in [9.17, 15) is 8.78 Å². The standard InChI is InChI=1S/C10H19F2NO/c1-8(14)10(11,12)7-9-3-5-13(2)6-4-9/h8-9,14H,3-7H2,1-2H3. The SMILES string of the molecule is CC(O)C(F)(F)CC1CCN(C)CC1. The molecule has 1 aliphatic rings. The third kappa shape index (κ3) is 3.17. The van der Waals surface area contributed by atoms with E-state index < -0.39 is 12.0 Å². The summed E-state index contributed by atoms with van der Waals surface area (Å²) in [6, 6.07) is 0. The fourth-order valence-electron chi connectivity index (χ4n) is 1.82. The Kier molecular flexibility index (Phi) is 3.84. The predicted octanol–water partition coefficient (Wildman–Crippen LogP) is 1.73. The number of aliphatic hydroxyl groups excluding tert-OH is 1. The molecule has 0 spiro atoms. The van der Waals surface area contributed by atoms with Gasteiger partial charge in [0.15, 0.2) is 0 Å². The molecule has 0 aromatic carbocycles. The Labute approximate surface area is 83.9 Å². The van der Waals surface area contributed by atoms with Crippen LogP contribution in [0.2, 0.25) is 0 Å². The number of likely N-dealkylation sites (tertiary alicyclic amines) is 1. The number of alkyl halides is 2. The van der Waals surface area contributed by atoms with Crippen LogP contribution in [0.4, 0.5) is 8.78 Å². The summed E-state index contributed by atoms with van der Waals surface area (Å²) in [7, 11) is 2.00. The molecule has 1 fully saturated rings. The molecule has 14 heavy (non-hydrogen) atoms. The molecule has 0 bridgehead atoms. The van der Waals surface area contributed by atoms with Gasteiger partial charge in [-0.15, -0.1) is 0 Å². The molecule has 84 valence electrons. The second-order valence-electron chi connectivity index (χ2n) is 4.39. The first-order valence-electron chi connectivity index (χ1n) is 5.16. The lowest BCUT2D eigenvalue weighted by Gasteiger charge is -2.32. The van der Waals surface area contributed by atoms with Gasteiger partial charge < -0.3 is 10.0 Å². The summed E-state index contributed by atoms with van der Waals surface area (Å²) in [5.41, 5.74) is 0. The maximum absolute atomic E-state index is 13.2. The number of rotatable bonds is 3. The molecule has 1 atom stereocenters. The molecule has 1 saturated heterocycles. The Morgan fingerprint density at radius 1 is 1.43 bits per heavy atom. The van der Waals surface area contributed by atoms with Crippen LogP contribution < -0.4 is 0 Å². The van der Waals surface area contributed by atoms with Crippen LogP contribution in [-0.2, 0) is 0 Å². The highest BCUT2D eigenvalue weighted by atomic mass is 19.3. The van der Waals surface area contributed by atoms with Gasteiger partial charge in [0.1, 0.15) is 6.10 Å². The van der Waals surface area contributed by atoms with E-state index in [1.807, 2.05) is 7.05 Å². The predicted molar refractivity (Wildman–Crippen MR) is 51.5 cm³/mol. The maximum Gasteiger partial charge on any atom is 0.273 e. The van der Waals surface area contributed by atoms with Gasteiger partial charge in [0, 0.05) is 6.42 Å². The summed E-state index contributed by atoms with van der Waals surface area (Å²) in [5, 5.41) is 8.90. The molecule has 1 unspecified atom stereocenters. The van der Waals surface area contributed by atoms with Gasteiger partial charge in [-0.2, -0.15) is 0 Å². The second-order valence-corrected chi connectivity index (χ2v) is 4.39. The van der Waals surface area contributed by atoms with Crippen molar-refractivity contribution in [3.8, 4) is 0 Å². The second kappa shape index (κ2) is 4.53. The smallest absolute Gasteiger partial charge is 0.273 e. The Balaban J connectivity index is 2.37. The molecular weight excluding hydrogens is 188 g/mol. The molecule has 1 aliphatic heterocycles. The molecule has 2 nitrogen and oxygen atoms in total. The van der Waals surface area contributed by atoms with Crippen LogP contribution in [0.3, 0.4) is 0 Å². The van der Waals surface area contributed by atoms with E-state index in [0.717, 1.165) is 32.9 Å². The highest BCUT2D eigenvalue weighted by Crippen LogP contribution is 2.32. The van der Waals surface area contributed by atoms with Gasteiger partial charge in [-0.3, -0.25) is 0 Å². The molecule has 0 amide bonds. The summed E-state index contributed by atoms with van der Waals surface area (Å²) in [6.07, 6.45) is -0.0574. The van der Waals surface area contributed by atoms with E-state index in [0.29, 0.717) is 0 Å². The van der Waals surface area contributed by atoms with Crippen LogP contribution in [-0.4, -0.2) is 42.2 Å². The first-order chi connectivity index (χ1) is 6.42. The van der Waals surface area contributed by atoms with E-state index in [1.54, 1.807) is 0 Å². The van der Waals surface area contributed by atoms with Crippen LogP contribution in [0.15, 0.2) is 0 Å². The lowest BCUT2D eigenvalue weighted by atomic mass is 9.89. The lowest BCUT2D eigenvalue weighted by molar-refractivity contribution is -0.117. The highest BCUT2D eigenvalue weighted by Gasteiger charge is 2.38. The number of piperidine rings is 1. The highest BCUT2D eigenvalue weighted by molar-refractivity contribution is 4.80. The van der Waals surface area contributed by atoms with Gasteiger partial charge in [0.05, 0.1) is 0 Å². The summed E-state index contributed by atoms with van der Waals surface area (Å²) in [4.78, 5) is 2.15. The van der Waals surface area contributed by atoms with E-state index >= 15 is 0 Å². The third-order valence-corrected chi connectivity index (χ3v) is 3.01. The van der Waals surface area contributed by atoms with Gasteiger partial charge >= 0.3 is 0 Å². The Bertz CT molecular complexity index is 177. The van der Waals surface area contributed by atoms with Crippen LogP contribution in [0.5, 0.6) is 0 Å². The average Bonchev–Trinajstić information content (AvgIpc) is 2.08. The fraction of sp³-hybridized carbons (Fsp3) is 1.00.